The highest BCUT2D eigenvalue weighted by molar-refractivity contribution is 5.80. The van der Waals surface area contributed by atoms with Gasteiger partial charge in [-0.3, -0.25) is 9.67 Å². The number of aliphatic imine (C=N–C) groups is 1. The highest BCUT2D eigenvalue weighted by atomic mass is 16.5. The Kier molecular flexibility index (Phi) is 5.51. The van der Waals surface area contributed by atoms with E-state index in [0.717, 1.165) is 44.2 Å². The van der Waals surface area contributed by atoms with Crippen molar-refractivity contribution in [3.63, 3.8) is 0 Å². The average molecular weight is 321 g/mol. The van der Waals surface area contributed by atoms with Crippen molar-refractivity contribution in [1.82, 2.24) is 20.0 Å². The second-order valence-electron chi connectivity index (χ2n) is 6.15. The summed E-state index contributed by atoms with van der Waals surface area (Å²) in [5.41, 5.74) is 1.12. The lowest BCUT2D eigenvalue weighted by molar-refractivity contribution is -0.00809. The van der Waals surface area contributed by atoms with Gasteiger partial charge in [-0.25, -0.2) is 0 Å². The SMILES string of the molecule is CN=C(NCCC1CCCO1)N1CCOC(c2cnn(C)c2)C1. The van der Waals surface area contributed by atoms with Crippen LogP contribution in [0.25, 0.3) is 0 Å². The van der Waals surface area contributed by atoms with E-state index < -0.39 is 0 Å². The zero-order chi connectivity index (χ0) is 16.1. The van der Waals surface area contributed by atoms with Crippen molar-refractivity contribution in [2.75, 3.05) is 39.9 Å². The zero-order valence-corrected chi connectivity index (χ0v) is 14.1. The van der Waals surface area contributed by atoms with Crippen LogP contribution < -0.4 is 5.32 Å². The van der Waals surface area contributed by atoms with Gasteiger partial charge in [-0.05, 0) is 19.3 Å². The topological polar surface area (TPSA) is 63.9 Å². The number of guanidine groups is 1. The van der Waals surface area contributed by atoms with E-state index in [1.807, 2.05) is 31.2 Å². The molecule has 1 aromatic heterocycles. The van der Waals surface area contributed by atoms with Crippen LogP contribution >= 0.6 is 0 Å². The number of nitrogens with one attached hydrogen (secondary N) is 1. The number of nitrogens with zero attached hydrogens (tertiary/aromatic N) is 4. The Hall–Kier alpha value is -1.60. The molecule has 2 aliphatic rings. The lowest BCUT2D eigenvalue weighted by Crippen LogP contribution is -2.48. The van der Waals surface area contributed by atoms with Crippen LogP contribution in [0.1, 0.15) is 30.9 Å². The van der Waals surface area contributed by atoms with Crippen molar-refractivity contribution in [3.8, 4) is 0 Å². The third-order valence-electron chi connectivity index (χ3n) is 4.45. The van der Waals surface area contributed by atoms with Gasteiger partial charge in [-0.15, -0.1) is 0 Å². The fraction of sp³-hybridized carbons (Fsp3) is 0.750. The van der Waals surface area contributed by atoms with Crippen molar-refractivity contribution in [1.29, 1.82) is 0 Å². The molecule has 2 atom stereocenters. The van der Waals surface area contributed by atoms with Gasteiger partial charge in [-0.2, -0.15) is 5.10 Å². The van der Waals surface area contributed by atoms with E-state index in [0.29, 0.717) is 12.7 Å². The van der Waals surface area contributed by atoms with Gasteiger partial charge in [0.15, 0.2) is 5.96 Å². The van der Waals surface area contributed by atoms with E-state index in [-0.39, 0.29) is 6.10 Å². The molecule has 1 N–H and O–H groups in total. The molecule has 0 aromatic carbocycles. The number of morpholine rings is 1. The van der Waals surface area contributed by atoms with Crippen LogP contribution in [0.2, 0.25) is 0 Å². The Bertz CT molecular complexity index is 524. The first kappa shape index (κ1) is 16.3. The summed E-state index contributed by atoms with van der Waals surface area (Å²) in [6, 6.07) is 0. The summed E-state index contributed by atoms with van der Waals surface area (Å²) in [4.78, 5) is 6.68. The molecule has 2 saturated heterocycles. The van der Waals surface area contributed by atoms with E-state index in [1.165, 1.54) is 12.8 Å². The minimum absolute atomic E-state index is 0.0502. The molecule has 3 rings (SSSR count). The highest BCUT2D eigenvalue weighted by Crippen LogP contribution is 2.21. The average Bonchev–Trinajstić information content (AvgIpc) is 3.23. The fourth-order valence-electron chi connectivity index (χ4n) is 3.20. The van der Waals surface area contributed by atoms with Crippen LogP contribution in [-0.4, -0.2) is 66.6 Å². The van der Waals surface area contributed by atoms with Crippen LogP contribution in [0.5, 0.6) is 0 Å². The molecule has 0 spiro atoms. The number of aryl methyl sites for hydroxylation is 1. The monoisotopic (exact) mass is 321 g/mol. The molecule has 0 radical (unpaired) electrons. The number of rotatable bonds is 4. The van der Waals surface area contributed by atoms with Crippen LogP contribution in [0.15, 0.2) is 17.4 Å². The minimum Gasteiger partial charge on any atom is -0.378 e. The largest absolute Gasteiger partial charge is 0.378 e. The van der Waals surface area contributed by atoms with Gasteiger partial charge < -0.3 is 19.7 Å². The maximum Gasteiger partial charge on any atom is 0.193 e. The van der Waals surface area contributed by atoms with Gasteiger partial charge in [0.05, 0.1) is 25.5 Å². The first-order valence-corrected chi connectivity index (χ1v) is 8.43. The molecule has 2 fully saturated rings. The molecule has 23 heavy (non-hydrogen) atoms. The smallest absolute Gasteiger partial charge is 0.193 e. The van der Waals surface area contributed by atoms with Gasteiger partial charge in [0.25, 0.3) is 0 Å². The maximum atomic E-state index is 5.89. The van der Waals surface area contributed by atoms with Crippen LogP contribution in [0, 0.1) is 0 Å². The Labute approximate surface area is 137 Å². The van der Waals surface area contributed by atoms with Gasteiger partial charge in [0, 0.05) is 45.6 Å². The first-order valence-electron chi connectivity index (χ1n) is 8.43. The van der Waals surface area contributed by atoms with Crippen molar-refractivity contribution < 1.29 is 9.47 Å². The lowest BCUT2D eigenvalue weighted by atomic mass is 10.1. The molecule has 7 nitrogen and oxygen atoms in total. The summed E-state index contributed by atoms with van der Waals surface area (Å²) in [6.45, 7) is 4.16. The summed E-state index contributed by atoms with van der Waals surface area (Å²) >= 11 is 0. The number of hydrogen-bond acceptors (Lipinski definition) is 4. The molecular formula is C16H27N5O2. The molecule has 3 heterocycles. The third kappa shape index (κ3) is 4.23. The normalized spacial score (nSPS) is 25.8. The van der Waals surface area contributed by atoms with Gasteiger partial charge in [0.1, 0.15) is 6.10 Å². The summed E-state index contributed by atoms with van der Waals surface area (Å²) < 4.78 is 13.4. The Morgan fingerprint density at radius 2 is 2.35 bits per heavy atom. The second-order valence-corrected chi connectivity index (χ2v) is 6.15. The minimum atomic E-state index is 0.0502. The highest BCUT2D eigenvalue weighted by Gasteiger charge is 2.25. The molecule has 0 amide bonds. The first-order chi connectivity index (χ1) is 11.3. The molecule has 0 saturated carbocycles. The number of hydrogen-bond donors (Lipinski definition) is 1. The van der Waals surface area contributed by atoms with Gasteiger partial charge in [-0.1, -0.05) is 0 Å². The van der Waals surface area contributed by atoms with Crippen molar-refractivity contribution in [3.05, 3.63) is 18.0 Å². The Balaban J connectivity index is 1.51. The van der Waals surface area contributed by atoms with E-state index in [1.54, 1.807) is 0 Å². The molecule has 2 aliphatic heterocycles. The van der Waals surface area contributed by atoms with Gasteiger partial charge in [0.2, 0.25) is 0 Å². The molecule has 128 valence electrons. The van der Waals surface area contributed by atoms with Crippen LogP contribution in [-0.2, 0) is 16.5 Å². The third-order valence-corrected chi connectivity index (χ3v) is 4.45. The summed E-state index contributed by atoms with van der Waals surface area (Å²) in [5.74, 6) is 0.945. The quantitative estimate of drug-likeness (QED) is 0.660. The molecular weight excluding hydrogens is 294 g/mol. The standard InChI is InChI=1S/C16H27N5O2/c1-17-16(18-6-5-14-4-3-8-22-14)21-7-9-23-15(12-21)13-10-19-20(2)11-13/h10-11,14-15H,3-9,12H2,1-2H3,(H,17,18). The van der Waals surface area contributed by atoms with Crippen molar-refractivity contribution in [2.45, 2.75) is 31.5 Å². The van der Waals surface area contributed by atoms with Crippen molar-refractivity contribution in [2.24, 2.45) is 12.0 Å². The Morgan fingerprint density at radius 3 is 3.04 bits per heavy atom. The molecule has 2 unspecified atom stereocenters. The predicted molar refractivity (Wildman–Crippen MR) is 88.4 cm³/mol. The van der Waals surface area contributed by atoms with Crippen molar-refractivity contribution >= 4 is 5.96 Å². The zero-order valence-electron chi connectivity index (χ0n) is 14.1. The van der Waals surface area contributed by atoms with E-state index in [4.69, 9.17) is 9.47 Å². The van der Waals surface area contributed by atoms with Gasteiger partial charge >= 0.3 is 0 Å². The molecule has 0 aliphatic carbocycles. The number of ether oxygens (including phenoxy) is 2. The van der Waals surface area contributed by atoms with E-state index >= 15 is 0 Å². The summed E-state index contributed by atoms with van der Waals surface area (Å²) in [6.07, 6.45) is 7.76. The lowest BCUT2D eigenvalue weighted by Gasteiger charge is -2.34. The predicted octanol–water partition coefficient (Wildman–Crippen LogP) is 0.938. The maximum absolute atomic E-state index is 5.89. The van der Waals surface area contributed by atoms with Crippen LogP contribution in [0.4, 0.5) is 0 Å². The van der Waals surface area contributed by atoms with E-state index in [2.05, 4.69) is 20.3 Å². The number of aromatic nitrogens is 2. The second kappa shape index (κ2) is 7.79. The van der Waals surface area contributed by atoms with Crippen LogP contribution in [0.3, 0.4) is 0 Å². The van der Waals surface area contributed by atoms with E-state index in [9.17, 15) is 0 Å². The fourth-order valence-corrected chi connectivity index (χ4v) is 3.20. The summed E-state index contributed by atoms with van der Waals surface area (Å²) in [5, 5.41) is 7.70. The Morgan fingerprint density at radius 1 is 1.43 bits per heavy atom. The molecule has 7 heteroatoms. The summed E-state index contributed by atoms with van der Waals surface area (Å²) in [7, 11) is 3.76. The molecule has 0 bridgehead atoms. The molecule has 1 aromatic rings.